The molecule has 0 bridgehead atoms. The number of anilines is 1. The molecule has 1 aromatic carbocycles. The van der Waals surface area contributed by atoms with E-state index in [1.165, 1.54) is 12.8 Å². The summed E-state index contributed by atoms with van der Waals surface area (Å²) in [4.78, 5) is 20.7. The highest BCUT2D eigenvalue weighted by molar-refractivity contribution is 5.64. The van der Waals surface area contributed by atoms with Crippen molar-refractivity contribution in [3.05, 3.63) is 54.5 Å². The van der Waals surface area contributed by atoms with Gasteiger partial charge in [-0.3, -0.25) is 0 Å². The van der Waals surface area contributed by atoms with Gasteiger partial charge in [0.1, 0.15) is 0 Å². The number of nitrogens with zero attached hydrogens (tertiary/aromatic N) is 7. The lowest BCUT2D eigenvalue weighted by Gasteiger charge is -2.30. The van der Waals surface area contributed by atoms with Crippen LogP contribution in [0.2, 0.25) is 0 Å². The Labute approximate surface area is 169 Å². The van der Waals surface area contributed by atoms with Gasteiger partial charge in [0, 0.05) is 36.6 Å². The molecule has 1 aliphatic heterocycles. The zero-order chi connectivity index (χ0) is 19.8. The van der Waals surface area contributed by atoms with Gasteiger partial charge in [-0.25, -0.2) is 19.5 Å². The molecule has 7 heteroatoms. The molecule has 5 rings (SSSR count). The van der Waals surface area contributed by atoms with Crippen LogP contribution in [-0.4, -0.2) is 42.6 Å². The normalized spacial score (nSPS) is 15.2. The third-order valence-corrected chi connectivity index (χ3v) is 5.62. The topological polar surface area (TPSA) is 72.1 Å². The van der Waals surface area contributed by atoms with E-state index in [2.05, 4.69) is 31.9 Å². The van der Waals surface area contributed by atoms with Gasteiger partial charge in [-0.05, 0) is 31.7 Å². The summed E-state index contributed by atoms with van der Waals surface area (Å²) >= 11 is 0. The molecule has 0 amide bonds. The van der Waals surface area contributed by atoms with E-state index in [-0.39, 0.29) is 0 Å². The first-order valence-electron chi connectivity index (χ1n) is 10.1. The molecule has 7 nitrogen and oxygen atoms in total. The molecule has 0 aliphatic carbocycles. The van der Waals surface area contributed by atoms with Gasteiger partial charge in [0.05, 0.1) is 11.4 Å². The minimum absolute atomic E-state index is 0.587. The van der Waals surface area contributed by atoms with E-state index in [0.29, 0.717) is 11.6 Å². The minimum atomic E-state index is 0.587. The number of benzene rings is 1. The first kappa shape index (κ1) is 17.7. The number of aryl methyl sites for hydroxylation is 1. The summed E-state index contributed by atoms with van der Waals surface area (Å²) in [6, 6.07) is 11.9. The van der Waals surface area contributed by atoms with Crippen molar-refractivity contribution in [2.24, 2.45) is 5.92 Å². The summed E-state index contributed by atoms with van der Waals surface area (Å²) in [5, 5.41) is 4.68. The zero-order valence-electron chi connectivity index (χ0n) is 16.7. The van der Waals surface area contributed by atoms with E-state index in [1.807, 2.05) is 55.7 Å². The summed E-state index contributed by atoms with van der Waals surface area (Å²) in [5.74, 6) is 2.82. The number of rotatable bonds is 3. The second-order valence-electron chi connectivity index (χ2n) is 7.68. The van der Waals surface area contributed by atoms with Gasteiger partial charge in [-0.1, -0.05) is 37.3 Å². The van der Waals surface area contributed by atoms with Crippen LogP contribution >= 0.6 is 0 Å². The maximum atomic E-state index is 4.84. The molecule has 1 saturated heterocycles. The smallest absolute Gasteiger partial charge is 0.252 e. The van der Waals surface area contributed by atoms with Crippen molar-refractivity contribution in [1.29, 1.82) is 0 Å². The average molecular weight is 385 g/mol. The Bertz CT molecular complexity index is 1140. The van der Waals surface area contributed by atoms with Crippen LogP contribution in [0, 0.1) is 12.8 Å². The van der Waals surface area contributed by atoms with E-state index in [1.54, 1.807) is 4.52 Å². The van der Waals surface area contributed by atoms with Gasteiger partial charge in [-0.2, -0.15) is 4.98 Å². The van der Waals surface area contributed by atoms with Crippen LogP contribution in [0.1, 0.15) is 25.5 Å². The molecular weight excluding hydrogens is 362 g/mol. The quantitative estimate of drug-likeness (QED) is 0.534. The predicted molar refractivity (Wildman–Crippen MR) is 113 cm³/mol. The van der Waals surface area contributed by atoms with Crippen molar-refractivity contribution in [1.82, 2.24) is 29.5 Å². The van der Waals surface area contributed by atoms with Crippen LogP contribution in [-0.2, 0) is 0 Å². The summed E-state index contributed by atoms with van der Waals surface area (Å²) in [6.45, 7) is 6.34. The minimum Gasteiger partial charge on any atom is -0.341 e. The van der Waals surface area contributed by atoms with Crippen molar-refractivity contribution >= 4 is 11.7 Å². The number of aromatic nitrogens is 6. The summed E-state index contributed by atoms with van der Waals surface area (Å²) < 4.78 is 1.79. The molecule has 0 spiro atoms. The zero-order valence-corrected chi connectivity index (χ0v) is 16.7. The standard InChI is InChI=1S/C22H23N7/c1-15-9-12-28(13-10-15)21-23-11-8-19(25-21)18-14-24-22-26-20(27-29(22)16(18)2)17-6-4-3-5-7-17/h3-8,11,14-15H,9-10,12-13H2,1-2H3. The van der Waals surface area contributed by atoms with E-state index in [0.717, 1.165) is 47.5 Å². The maximum Gasteiger partial charge on any atom is 0.252 e. The number of piperidine rings is 1. The fraction of sp³-hybridized carbons (Fsp3) is 0.318. The van der Waals surface area contributed by atoms with E-state index in [9.17, 15) is 0 Å². The van der Waals surface area contributed by atoms with Crippen LogP contribution in [0.4, 0.5) is 5.95 Å². The fourth-order valence-corrected chi connectivity index (χ4v) is 3.76. The van der Waals surface area contributed by atoms with Crippen LogP contribution in [0.5, 0.6) is 0 Å². The first-order chi connectivity index (χ1) is 14.2. The van der Waals surface area contributed by atoms with Gasteiger partial charge < -0.3 is 4.90 Å². The molecule has 1 fully saturated rings. The Morgan fingerprint density at radius 1 is 0.966 bits per heavy atom. The third kappa shape index (κ3) is 3.33. The van der Waals surface area contributed by atoms with Gasteiger partial charge >= 0.3 is 0 Å². The van der Waals surface area contributed by atoms with Crippen molar-refractivity contribution in [2.75, 3.05) is 18.0 Å². The molecule has 0 saturated carbocycles. The van der Waals surface area contributed by atoms with Crippen LogP contribution in [0.3, 0.4) is 0 Å². The van der Waals surface area contributed by atoms with Crippen LogP contribution in [0.25, 0.3) is 28.4 Å². The lowest BCUT2D eigenvalue weighted by Crippen LogP contribution is -2.34. The average Bonchev–Trinajstić information content (AvgIpc) is 3.21. The lowest BCUT2D eigenvalue weighted by molar-refractivity contribution is 0.434. The van der Waals surface area contributed by atoms with Gasteiger partial charge in [0.15, 0.2) is 5.82 Å². The molecule has 29 heavy (non-hydrogen) atoms. The summed E-state index contributed by atoms with van der Waals surface area (Å²) in [6.07, 6.45) is 6.03. The molecule has 0 atom stereocenters. The molecule has 146 valence electrons. The van der Waals surface area contributed by atoms with Gasteiger partial charge in [-0.15, -0.1) is 5.10 Å². The molecule has 0 N–H and O–H groups in total. The van der Waals surface area contributed by atoms with E-state index < -0.39 is 0 Å². The Morgan fingerprint density at radius 3 is 2.55 bits per heavy atom. The molecule has 1 aliphatic rings. The largest absolute Gasteiger partial charge is 0.341 e. The number of hydrogen-bond acceptors (Lipinski definition) is 6. The SMILES string of the molecule is Cc1c(-c2ccnc(N3CCC(C)CC3)n2)cnc2nc(-c3ccccc3)nn12. The van der Waals surface area contributed by atoms with Crippen molar-refractivity contribution in [3.63, 3.8) is 0 Å². The predicted octanol–water partition coefficient (Wildman–Crippen LogP) is 3.79. The second-order valence-corrected chi connectivity index (χ2v) is 7.68. The molecule has 3 aromatic heterocycles. The lowest BCUT2D eigenvalue weighted by atomic mass is 10.00. The molecule has 0 unspecified atom stereocenters. The van der Waals surface area contributed by atoms with Gasteiger partial charge in [0.2, 0.25) is 5.95 Å². The van der Waals surface area contributed by atoms with Crippen molar-refractivity contribution < 1.29 is 0 Å². The molecular formula is C22H23N7. The Balaban J connectivity index is 1.52. The number of fused-ring (bicyclic) bond motifs is 1. The van der Waals surface area contributed by atoms with Crippen LogP contribution in [0.15, 0.2) is 48.8 Å². The molecule has 0 radical (unpaired) electrons. The van der Waals surface area contributed by atoms with E-state index in [4.69, 9.17) is 4.98 Å². The number of hydrogen-bond donors (Lipinski definition) is 0. The summed E-state index contributed by atoms with van der Waals surface area (Å²) in [7, 11) is 0. The van der Waals surface area contributed by atoms with Crippen molar-refractivity contribution in [3.8, 4) is 22.6 Å². The highest BCUT2D eigenvalue weighted by Crippen LogP contribution is 2.25. The maximum absolute atomic E-state index is 4.84. The Hall–Kier alpha value is -3.35. The van der Waals surface area contributed by atoms with Crippen LogP contribution < -0.4 is 4.90 Å². The third-order valence-electron chi connectivity index (χ3n) is 5.62. The highest BCUT2D eigenvalue weighted by atomic mass is 15.3. The monoisotopic (exact) mass is 385 g/mol. The molecule has 4 aromatic rings. The fourth-order valence-electron chi connectivity index (χ4n) is 3.76. The first-order valence-corrected chi connectivity index (χ1v) is 10.1. The van der Waals surface area contributed by atoms with E-state index >= 15 is 0 Å². The van der Waals surface area contributed by atoms with Crippen molar-refractivity contribution in [2.45, 2.75) is 26.7 Å². The Morgan fingerprint density at radius 2 is 1.76 bits per heavy atom. The molecule has 4 heterocycles. The highest BCUT2D eigenvalue weighted by Gasteiger charge is 2.19. The summed E-state index contributed by atoms with van der Waals surface area (Å²) in [5.41, 5.74) is 3.73. The Kier molecular flexibility index (Phi) is 4.42. The second kappa shape index (κ2) is 7.24. The van der Waals surface area contributed by atoms with Gasteiger partial charge in [0.25, 0.3) is 5.78 Å².